The Labute approximate surface area is 165 Å². The minimum atomic E-state index is -0.790. The van der Waals surface area contributed by atoms with Crippen LogP contribution in [0.25, 0.3) is 0 Å². The molecule has 0 spiro atoms. The van der Waals surface area contributed by atoms with Gasteiger partial charge in [-0.1, -0.05) is 69.5 Å². The highest BCUT2D eigenvalue weighted by Crippen LogP contribution is 2.21. The number of aliphatic hydroxyl groups is 1. The van der Waals surface area contributed by atoms with Gasteiger partial charge in [-0.05, 0) is 35.7 Å². The van der Waals surface area contributed by atoms with Crippen molar-refractivity contribution in [3.8, 4) is 0 Å². The Kier molecular flexibility index (Phi) is 8.03. The second-order valence-corrected chi connectivity index (χ2v) is 7.04. The van der Waals surface area contributed by atoms with Crippen LogP contribution in [0, 0.1) is 0 Å². The van der Waals surface area contributed by atoms with Crippen LogP contribution >= 0.6 is 39.1 Å². The quantitative estimate of drug-likeness (QED) is 0.611. The fourth-order valence-electron chi connectivity index (χ4n) is 2.29. The Morgan fingerprint density at radius 2 is 1.76 bits per heavy atom. The molecule has 0 fully saturated rings. The number of ether oxygens (including phenoxy) is 1. The van der Waals surface area contributed by atoms with E-state index >= 15 is 0 Å². The molecule has 2 atom stereocenters. The van der Waals surface area contributed by atoms with E-state index in [9.17, 15) is 9.90 Å². The number of carbonyl (C=O) groups excluding carboxylic acids is 1. The molecular formula is C18H18BrCl2NO3. The second-order valence-electron chi connectivity index (χ2n) is 5.52. The lowest BCUT2D eigenvalue weighted by molar-refractivity contribution is 0.111. The standard InChI is InChI=1S/C18H18BrCl2NO3/c19-10-17(23)16(8-13-6-14(20)9-15(21)7-13)22-18(24)25-11-12-4-2-1-3-5-12/h1-7,9,16-17,23H,8,10-11H2,(H,22,24)/t16-,17+/m0/s1. The maximum Gasteiger partial charge on any atom is 0.407 e. The predicted octanol–water partition coefficient (Wildman–Crippen LogP) is 4.59. The van der Waals surface area contributed by atoms with Crippen molar-refractivity contribution in [3.63, 3.8) is 0 Å². The number of amides is 1. The summed E-state index contributed by atoms with van der Waals surface area (Å²) in [5, 5.41) is 14.2. The first-order chi connectivity index (χ1) is 12.0. The number of nitrogens with one attached hydrogen (secondary N) is 1. The first-order valence-electron chi connectivity index (χ1n) is 7.64. The summed E-state index contributed by atoms with van der Waals surface area (Å²) in [5.41, 5.74) is 1.70. The number of halogens is 3. The summed E-state index contributed by atoms with van der Waals surface area (Å²) in [6.07, 6.45) is -1.02. The van der Waals surface area contributed by atoms with Gasteiger partial charge >= 0.3 is 6.09 Å². The first kappa shape index (κ1) is 20.0. The number of alkyl halides is 1. The van der Waals surface area contributed by atoms with Gasteiger partial charge in [-0.3, -0.25) is 0 Å². The Hall–Kier alpha value is -1.27. The molecule has 0 aliphatic carbocycles. The molecule has 134 valence electrons. The van der Waals surface area contributed by atoms with Crippen LogP contribution in [-0.2, 0) is 17.8 Å². The van der Waals surface area contributed by atoms with E-state index in [0.717, 1.165) is 11.1 Å². The molecule has 25 heavy (non-hydrogen) atoms. The molecular weight excluding hydrogens is 429 g/mol. The van der Waals surface area contributed by atoms with E-state index in [1.54, 1.807) is 18.2 Å². The van der Waals surface area contributed by atoms with Crippen LogP contribution in [0.5, 0.6) is 0 Å². The third-order valence-corrected chi connectivity index (χ3v) is 4.62. The Balaban J connectivity index is 1.98. The summed E-state index contributed by atoms with van der Waals surface area (Å²) in [5.74, 6) is 0. The van der Waals surface area contributed by atoms with Gasteiger partial charge in [-0.25, -0.2) is 4.79 Å². The summed E-state index contributed by atoms with van der Waals surface area (Å²) in [6, 6.07) is 14.0. The van der Waals surface area contributed by atoms with Crippen LogP contribution in [0.15, 0.2) is 48.5 Å². The molecule has 2 N–H and O–H groups in total. The summed E-state index contributed by atoms with van der Waals surface area (Å²) in [6.45, 7) is 0.160. The highest BCUT2D eigenvalue weighted by Gasteiger charge is 2.22. The fourth-order valence-corrected chi connectivity index (χ4v) is 3.31. The third-order valence-electron chi connectivity index (χ3n) is 3.52. The van der Waals surface area contributed by atoms with Crippen LogP contribution < -0.4 is 5.32 Å². The lowest BCUT2D eigenvalue weighted by atomic mass is 10.0. The molecule has 0 radical (unpaired) electrons. The topological polar surface area (TPSA) is 58.6 Å². The zero-order chi connectivity index (χ0) is 18.2. The molecule has 2 aromatic rings. The van der Waals surface area contributed by atoms with E-state index in [1.165, 1.54) is 0 Å². The Morgan fingerprint density at radius 3 is 2.36 bits per heavy atom. The highest BCUT2D eigenvalue weighted by molar-refractivity contribution is 9.09. The zero-order valence-corrected chi connectivity index (χ0v) is 16.4. The Bertz CT molecular complexity index is 680. The zero-order valence-electron chi connectivity index (χ0n) is 13.3. The summed E-state index contributed by atoms with van der Waals surface area (Å²) in [7, 11) is 0. The van der Waals surface area contributed by atoms with E-state index in [2.05, 4.69) is 21.2 Å². The van der Waals surface area contributed by atoms with E-state index in [1.807, 2.05) is 30.3 Å². The van der Waals surface area contributed by atoms with E-state index in [0.29, 0.717) is 21.8 Å². The van der Waals surface area contributed by atoms with Crippen LogP contribution in [0.2, 0.25) is 10.0 Å². The number of hydrogen-bond acceptors (Lipinski definition) is 3. The molecule has 0 saturated carbocycles. The maximum absolute atomic E-state index is 12.1. The number of benzene rings is 2. The number of hydrogen-bond donors (Lipinski definition) is 2. The molecule has 1 amide bonds. The average molecular weight is 447 g/mol. The van der Waals surface area contributed by atoms with Gasteiger partial charge in [0.1, 0.15) is 6.61 Å². The molecule has 7 heteroatoms. The smallest absolute Gasteiger partial charge is 0.407 e. The second kappa shape index (κ2) is 10.0. The summed E-state index contributed by atoms with van der Waals surface area (Å²) >= 11 is 15.2. The van der Waals surface area contributed by atoms with Gasteiger partial charge in [0.05, 0.1) is 12.1 Å². The minimum absolute atomic E-state index is 0.160. The molecule has 0 saturated heterocycles. The molecule has 2 rings (SSSR count). The lowest BCUT2D eigenvalue weighted by Crippen LogP contribution is -2.45. The SMILES string of the molecule is O=C(N[C@@H](Cc1cc(Cl)cc(Cl)c1)[C@H](O)CBr)OCc1ccccc1. The van der Waals surface area contributed by atoms with Gasteiger partial charge in [-0.15, -0.1) is 0 Å². The summed E-state index contributed by atoms with van der Waals surface area (Å²) < 4.78 is 5.21. The van der Waals surface area contributed by atoms with Crippen molar-refractivity contribution in [1.82, 2.24) is 5.32 Å². The highest BCUT2D eigenvalue weighted by atomic mass is 79.9. The monoisotopic (exact) mass is 445 g/mol. The number of carbonyl (C=O) groups is 1. The van der Waals surface area contributed by atoms with Crippen LogP contribution in [0.3, 0.4) is 0 Å². The van der Waals surface area contributed by atoms with Crippen molar-refractivity contribution in [2.75, 3.05) is 5.33 Å². The molecule has 2 aromatic carbocycles. The first-order valence-corrected chi connectivity index (χ1v) is 9.52. The van der Waals surface area contributed by atoms with Crippen molar-refractivity contribution in [1.29, 1.82) is 0 Å². The summed E-state index contributed by atoms with van der Waals surface area (Å²) in [4.78, 5) is 12.1. The van der Waals surface area contributed by atoms with Gasteiger partial charge in [0.15, 0.2) is 0 Å². The molecule has 0 bridgehead atoms. The van der Waals surface area contributed by atoms with Crippen molar-refractivity contribution < 1.29 is 14.6 Å². The van der Waals surface area contributed by atoms with Gasteiger partial charge in [0.2, 0.25) is 0 Å². The van der Waals surface area contributed by atoms with Gasteiger partial charge in [-0.2, -0.15) is 0 Å². The third kappa shape index (κ3) is 6.86. The van der Waals surface area contributed by atoms with Crippen LogP contribution in [0.4, 0.5) is 4.79 Å². The average Bonchev–Trinajstić information content (AvgIpc) is 2.58. The molecule has 0 aliphatic rings. The van der Waals surface area contributed by atoms with Gasteiger partial charge in [0.25, 0.3) is 0 Å². The fraction of sp³-hybridized carbons (Fsp3) is 0.278. The molecule has 0 heterocycles. The van der Waals surface area contributed by atoms with E-state index in [4.69, 9.17) is 27.9 Å². The number of aliphatic hydroxyl groups excluding tert-OH is 1. The molecule has 4 nitrogen and oxygen atoms in total. The van der Waals surface area contributed by atoms with Gasteiger partial charge in [0, 0.05) is 15.4 Å². The number of rotatable bonds is 7. The van der Waals surface area contributed by atoms with Crippen molar-refractivity contribution >= 4 is 45.2 Å². The van der Waals surface area contributed by atoms with Crippen molar-refractivity contribution in [3.05, 3.63) is 69.7 Å². The van der Waals surface area contributed by atoms with Crippen molar-refractivity contribution in [2.24, 2.45) is 0 Å². The molecule has 0 unspecified atom stereocenters. The van der Waals surface area contributed by atoms with Crippen LogP contribution in [0.1, 0.15) is 11.1 Å². The maximum atomic E-state index is 12.1. The Morgan fingerprint density at radius 1 is 1.12 bits per heavy atom. The van der Waals surface area contributed by atoms with Gasteiger partial charge < -0.3 is 15.2 Å². The van der Waals surface area contributed by atoms with Crippen LogP contribution in [-0.4, -0.2) is 28.7 Å². The van der Waals surface area contributed by atoms with E-state index in [-0.39, 0.29) is 6.61 Å². The minimum Gasteiger partial charge on any atom is -0.445 e. The normalized spacial score (nSPS) is 13.1. The largest absolute Gasteiger partial charge is 0.445 e. The lowest BCUT2D eigenvalue weighted by Gasteiger charge is -2.23. The molecule has 0 aliphatic heterocycles. The predicted molar refractivity (Wildman–Crippen MR) is 104 cm³/mol. The van der Waals surface area contributed by atoms with Crippen molar-refractivity contribution in [2.45, 2.75) is 25.2 Å². The molecule has 0 aromatic heterocycles. The number of alkyl carbamates (subject to hydrolysis) is 1. The van der Waals surface area contributed by atoms with E-state index < -0.39 is 18.2 Å².